The van der Waals surface area contributed by atoms with Crippen molar-refractivity contribution in [1.82, 2.24) is 10.2 Å². The number of Topliss-reactive ketones (excluding diaryl/α,β-unsaturated/α-hetero) is 1. The molecule has 0 radical (unpaired) electrons. The Morgan fingerprint density at radius 1 is 1.21 bits per heavy atom. The molecule has 1 aliphatic rings. The topological polar surface area (TPSA) is 49.4 Å². The van der Waals surface area contributed by atoms with Gasteiger partial charge in [-0.15, -0.1) is 0 Å². The Hall–Kier alpha value is -1.06. The fraction of sp³-hybridized carbons (Fsp3) is 0.800. The average molecular weight is 198 g/mol. The van der Waals surface area contributed by atoms with Crippen molar-refractivity contribution in [3.05, 3.63) is 0 Å². The number of amides is 2. The Morgan fingerprint density at radius 3 is 2.29 bits per heavy atom. The number of likely N-dealkylation sites (tertiary alicyclic amines) is 1. The van der Waals surface area contributed by atoms with Gasteiger partial charge >= 0.3 is 6.03 Å². The number of hydrogen-bond acceptors (Lipinski definition) is 2. The summed E-state index contributed by atoms with van der Waals surface area (Å²) < 4.78 is 0. The van der Waals surface area contributed by atoms with Gasteiger partial charge in [0.1, 0.15) is 0 Å². The summed E-state index contributed by atoms with van der Waals surface area (Å²) >= 11 is 0. The van der Waals surface area contributed by atoms with Gasteiger partial charge in [0.2, 0.25) is 0 Å². The largest absolute Gasteiger partial charge is 0.328 e. The normalized spacial score (nSPS) is 18.9. The number of carbonyl (C=O) groups is 2. The average Bonchev–Trinajstić information content (AvgIpc) is 2.19. The van der Waals surface area contributed by atoms with E-state index in [1.54, 1.807) is 11.8 Å². The predicted octanol–water partition coefficient (Wildman–Crippen LogP) is 1.16. The number of nitrogens with one attached hydrogen (secondary N) is 1. The molecule has 0 aromatic rings. The molecule has 1 N–H and O–H groups in total. The second-order valence-corrected chi connectivity index (χ2v) is 3.83. The Labute approximate surface area is 84.7 Å². The molecule has 0 bridgehead atoms. The molecule has 1 atom stereocenters. The van der Waals surface area contributed by atoms with E-state index in [9.17, 15) is 9.59 Å². The Bertz CT molecular complexity index is 222. The number of urea groups is 1. The molecule has 1 rings (SSSR count). The summed E-state index contributed by atoms with van der Waals surface area (Å²) in [6.45, 7) is 4.83. The lowest BCUT2D eigenvalue weighted by atomic mass is 10.1. The maximum absolute atomic E-state index is 11.6. The molecule has 80 valence electrons. The molecular weight excluding hydrogens is 180 g/mol. The Balaban J connectivity index is 2.36. The number of rotatable bonds is 2. The number of piperidine rings is 1. The highest BCUT2D eigenvalue weighted by Gasteiger charge is 2.19. The minimum absolute atomic E-state index is 0.00430. The van der Waals surface area contributed by atoms with Crippen molar-refractivity contribution < 1.29 is 9.59 Å². The van der Waals surface area contributed by atoms with Crippen LogP contribution in [0.4, 0.5) is 4.79 Å². The zero-order valence-electron chi connectivity index (χ0n) is 8.88. The first-order valence-corrected chi connectivity index (χ1v) is 5.17. The van der Waals surface area contributed by atoms with E-state index in [0.29, 0.717) is 0 Å². The van der Waals surface area contributed by atoms with E-state index < -0.39 is 0 Å². The van der Waals surface area contributed by atoms with Gasteiger partial charge in [-0.25, -0.2) is 4.79 Å². The van der Waals surface area contributed by atoms with Crippen LogP contribution in [-0.2, 0) is 4.79 Å². The standard InChI is InChI=1S/C10H18N2O2/c1-8(9(2)13)11-10(14)12-6-4-3-5-7-12/h8H,3-7H2,1-2H3,(H,11,14). The van der Waals surface area contributed by atoms with Crippen molar-refractivity contribution in [2.45, 2.75) is 39.2 Å². The Kier molecular flexibility index (Phi) is 3.92. The highest BCUT2D eigenvalue weighted by atomic mass is 16.2. The van der Waals surface area contributed by atoms with Crippen LogP contribution in [0.1, 0.15) is 33.1 Å². The van der Waals surface area contributed by atoms with Crippen molar-refractivity contribution in [2.75, 3.05) is 13.1 Å². The van der Waals surface area contributed by atoms with Gasteiger partial charge in [-0.3, -0.25) is 4.79 Å². The SMILES string of the molecule is CC(=O)C(C)NC(=O)N1CCCCC1. The van der Waals surface area contributed by atoms with Crippen LogP contribution in [0.15, 0.2) is 0 Å². The van der Waals surface area contributed by atoms with Gasteiger partial charge in [-0.1, -0.05) is 0 Å². The molecule has 0 aliphatic carbocycles. The first-order chi connectivity index (χ1) is 6.61. The summed E-state index contributed by atoms with van der Waals surface area (Å²) in [5.41, 5.74) is 0. The van der Waals surface area contributed by atoms with E-state index in [2.05, 4.69) is 5.32 Å². The number of ketones is 1. The number of nitrogens with zero attached hydrogens (tertiary/aromatic N) is 1. The van der Waals surface area contributed by atoms with Crippen LogP contribution in [0.3, 0.4) is 0 Å². The first kappa shape index (κ1) is 11.0. The lowest BCUT2D eigenvalue weighted by Gasteiger charge is -2.27. The summed E-state index contributed by atoms with van der Waals surface area (Å²) in [4.78, 5) is 24.3. The molecule has 4 nitrogen and oxygen atoms in total. The van der Waals surface area contributed by atoms with E-state index in [1.807, 2.05) is 0 Å². The molecule has 1 saturated heterocycles. The third-order valence-electron chi connectivity index (χ3n) is 2.59. The van der Waals surface area contributed by atoms with Gasteiger partial charge in [0.25, 0.3) is 0 Å². The highest BCUT2D eigenvalue weighted by Crippen LogP contribution is 2.08. The van der Waals surface area contributed by atoms with Gasteiger partial charge in [0.05, 0.1) is 6.04 Å². The van der Waals surface area contributed by atoms with Crippen molar-refractivity contribution in [2.24, 2.45) is 0 Å². The molecule has 0 spiro atoms. The van der Waals surface area contributed by atoms with Gasteiger partial charge in [-0.2, -0.15) is 0 Å². The van der Waals surface area contributed by atoms with Crippen molar-refractivity contribution in [3.63, 3.8) is 0 Å². The van der Waals surface area contributed by atoms with Gasteiger partial charge in [0, 0.05) is 13.1 Å². The van der Waals surface area contributed by atoms with Crippen LogP contribution in [0.25, 0.3) is 0 Å². The third-order valence-corrected chi connectivity index (χ3v) is 2.59. The molecule has 0 aromatic heterocycles. The van der Waals surface area contributed by atoms with Crippen LogP contribution >= 0.6 is 0 Å². The number of hydrogen-bond donors (Lipinski definition) is 1. The highest BCUT2D eigenvalue weighted by molar-refractivity contribution is 5.86. The van der Waals surface area contributed by atoms with Crippen molar-refractivity contribution in [3.8, 4) is 0 Å². The predicted molar refractivity (Wildman–Crippen MR) is 54.1 cm³/mol. The molecule has 0 aromatic carbocycles. The minimum atomic E-state index is -0.371. The summed E-state index contributed by atoms with van der Waals surface area (Å²) in [6.07, 6.45) is 3.34. The van der Waals surface area contributed by atoms with Gasteiger partial charge in [-0.05, 0) is 33.1 Å². The monoisotopic (exact) mass is 198 g/mol. The Morgan fingerprint density at radius 2 is 1.79 bits per heavy atom. The van der Waals surface area contributed by atoms with Gasteiger partial charge < -0.3 is 10.2 Å². The zero-order chi connectivity index (χ0) is 10.6. The molecule has 1 heterocycles. The molecule has 2 amide bonds. The summed E-state index contributed by atoms with van der Waals surface area (Å²) in [7, 11) is 0. The molecule has 14 heavy (non-hydrogen) atoms. The fourth-order valence-electron chi connectivity index (χ4n) is 1.48. The first-order valence-electron chi connectivity index (χ1n) is 5.17. The minimum Gasteiger partial charge on any atom is -0.328 e. The van der Waals surface area contributed by atoms with E-state index in [1.165, 1.54) is 13.3 Å². The van der Waals surface area contributed by atoms with E-state index >= 15 is 0 Å². The summed E-state index contributed by atoms with van der Waals surface area (Å²) in [5, 5.41) is 2.69. The molecule has 1 unspecified atom stereocenters. The van der Waals surface area contributed by atoms with Crippen molar-refractivity contribution in [1.29, 1.82) is 0 Å². The van der Waals surface area contributed by atoms with Crippen LogP contribution < -0.4 is 5.32 Å². The number of carbonyl (C=O) groups excluding carboxylic acids is 2. The van der Waals surface area contributed by atoms with Crippen LogP contribution in [0.2, 0.25) is 0 Å². The third kappa shape index (κ3) is 3.01. The lowest BCUT2D eigenvalue weighted by molar-refractivity contribution is -0.118. The van der Waals surface area contributed by atoms with E-state index in [0.717, 1.165) is 25.9 Å². The molecular formula is C10H18N2O2. The fourth-order valence-corrected chi connectivity index (χ4v) is 1.48. The molecule has 4 heteroatoms. The second-order valence-electron chi connectivity index (χ2n) is 3.83. The second kappa shape index (κ2) is 4.98. The van der Waals surface area contributed by atoms with Crippen LogP contribution in [-0.4, -0.2) is 35.8 Å². The van der Waals surface area contributed by atoms with Crippen LogP contribution in [0.5, 0.6) is 0 Å². The smallest absolute Gasteiger partial charge is 0.317 e. The maximum Gasteiger partial charge on any atom is 0.317 e. The zero-order valence-corrected chi connectivity index (χ0v) is 8.88. The molecule has 0 saturated carbocycles. The molecule has 1 aliphatic heterocycles. The summed E-state index contributed by atoms with van der Waals surface area (Å²) in [6, 6.07) is -0.475. The van der Waals surface area contributed by atoms with Crippen LogP contribution in [0, 0.1) is 0 Å². The maximum atomic E-state index is 11.6. The quantitative estimate of drug-likeness (QED) is 0.723. The molecule has 1 fully saturated rings. The summed E-state index contributed by atoms with van der Waals surface area (Å²) in [5.74, 6) is -0.00430. The van der Waals surface area contributed by atoms with E-state index in [4.69, 9.17) is 0 Å². The van der Waals surface area contributed by atoms with Crippen molar-refractivity contribution >= 4 is 11.8 Å². The van der Waals surface area contributed by atoms with Gasteiger partial charge in [0.15, 0.2) is 5.78 Å². The lowest BCUT2D eigenvalue weighted by Crippen LogP contribution is -2.47. The van der Waals surface area contributed by atoms with E-state index in [-0.39, 0.29) is 17.9 Å².